The third-order valence-electron chi connectivity index (χ3n) is 5.84. The van der Waals surface area contributed by atoms with Crippen molar-refractivity contribution in [2.45, 2.75) is 32.7 Å². The first kappa shape index (κ1) is 22.9. The Balaban J connectivity index is 1.56. The molecule has 1 unspecified atom stereocenters. The minimum absolute atomic E-state index is 0.124. The third kappa shape index (κ3) is 5.37. The summed E-state index contributed by atoms with van der Waals surface area (Å²) in [7, 11) is 0. The second-order valence-corrected chi connectivity index (χ2v) is 8.65. The molecular weight excluding hydrogens is 436 g/mol. The molecule has 0 aromatic heterocycles. The number of halogens is 1. The second kappa shape index (κ2) is 10.1. The quantitative estimate of drug-likeness (QED) is 0.522. The van der Waals surface area contributed by atoms with E-state index in [0.29, 0.717) is 29.4 Å². The molecule has 1 aliphatic heterocycles. The monoisotopic (exact) mass is 462 g/mol. The van der Waals surface area contributed by atoms with Crippen molar-refractivity contribution in [3.8, 4) is 5.75 Å². The maximum absolute atomic E-state index is 12.8. The molecule has 0 saturated carbocycles. The zero-order valence-electron chi connectivity index (χ0n) is 18.8. The van der Waals surface area contributed by atoms with Gasteiger partial charge in [-0.3, -0.25) is 9.59 Å². The van der Waals surface area contributed by atoms with E-state index in [1.807, 2.05) is 36.9 Å². The molecule has 0 fully saturated rings. The van der Waals surface area contributed by atoms with Crippen molar-refractivity contribution in [2.24, 2.45) is 0 Å². The number of aryl methyl sites for hydroxylation is 1. The average molecular weight is 463 g/mol. The smallest absolute Gasteiger partial charge is 0.262 e. The number of hydrogen-bond donors (Lipinski definition) is 1. The van der Waals surface area contributed by atoms with Crippen molar-refractivity contribution >= 4 is 29.1 Å². The Kier molecular flexibility index (Phi) is 6.99. The summed E-state index contributed by atoms with van der Waals surface area (Å²) in [6, 6.07) is 21.0. The Bertz CT molecular complexity index is 1160. The molecule has 4 rings (SSSR count). The zero-order chi connectivity index (χ0) is 23.4. The van der Waals surface area contributed by atoms with Gasteiger partial charge in [-0.1, -0.05) is 60.5 Å². The number of nitrogens with one attached hydrogen (secondary N) is 1. The van der Waals surface area contributed by atoms with Crippen molar-refractivity contribution in [1.82, 2.24) is 4.90 Å². The van der Waals surface area contributed by atoms with Crippen LogP contribution < -0.4 is 10.1 Å². The minimum Gasteiger partial charge on any atom is -0.484 e. The predicted octanol–water partition coefficient (Wildman–Crippen LogP) is 5.55. The average Bonchev–Trinajstić information content (AvgIpc) is 2.82. The number of anilines is 1. The van der Waals surface area contributed by atoms with Gasteiger partial charge in [-0.05, 0) is 60.4 Å². The number of rotatable bonds is 6. The topological polar surface area (TPSA) is 58.6 Å². The highest BCUT2D eigenvalue weighted by Crippen LogP contribution is 2.37. The van der Waals surface area contributed by atoms with E-state index in [1.54, 1.807) is 24.3 Å². The Morgan fingerprint density at radius 1 is 1.09 bits per heavy atom. The molecule has 1 heterocycles. The molecule has 5 nitrogen and oxygen atoms in total. The summed E-state index contributed by atoms with van der Waals surface area (Å²) >= 11 is 5.98. The minimum atomic E-state index is -0.271. The summed E-state index contributed by atoms with van der Waals surface area (Å²) < 4.78 is 5.81. The first-order valence-electron chi connectivity index (χ1n) is 11.1. The van der Waals surface area contributed by atoms with Crippen molar-refractivity contribution in [2.75, 3.05) is 18.5 Å². The number of carbonyl (C=O) groups excluding carboxylic acids is 2. The molecule has 3 aromatic carbocycles. The van der Waals surface area contributed by atoms with Gasteiger partial charge in [0.2, 0.25) is 5.91 Å². The van der Waals surface area contributed by atoms with Gasteiger partial charge in [0.25, 0.3) is 5.91 Å². The van der Waals surface area contributed by atoms with Crippen LogP contribution in [0.25, 0.3) is 0 Å². The van der Waals surface area contributed by atoms with Gasteiger partial charge >= 0.3 is 0 Å². The van der Waals surface area contributed by atoms with Crippen LogP contribution >= 0.6 is 11.6 Å². The SMILES string of the molecule is CCC(=O)N1CCc2ccc(OCC(=O)Nc3cccc(Cl)c3)cc2C1c1ccc(C)cc1. The van der Waals surface area contributed by atoms with Crippen LogP contribution in [0.3, 0.4) is 0 Å². The summed E-state index contributed by atoms with van der Waals surface area (Å²) in [5, 5.41) is 3.34. The largest absolute Gasteiger partial charge is 0.484 e. The number of nitrogens with zero attached hydrogens (tertiary/aromatic N) is 1. The molecule has 33 heavy (non-hydrogen) atoms. The van der Waals surface area contributed by atoms with Gasteiger partial charge in [-0.25, -0.2) is 0 Å². The molecule has 0 radical (unpaired) electrons. The molecule has 1 atom stereocenters. The maximum atomic E-state index is 12.8. The lowest BCUT2D eigenvalue weighted by Gasteiger charge is -2.38. The molecule has 6 heteroatoms. The van der Waals surface area contributed by atoms with Gasteiger partial charge in [0.05, 0.1) is 6.04 Å². The van der Waals surface area contributed by atoms with Crippen molar-refractivity contribution < 1.29 is 14.3 Å². The van der Waals surface area contributed by atoms with Crippen molar-refractivity contribution in [3.05, 3.63) is 94.0 Å². The van der Waals surface area contributed by atoms with Crippen LogP contribution in [0.15, 0.2) is 66.7 Å². The molecule has 0 aliphatic carbocycles. The molecule has 1 N–H and O–H groups in total. The van der Waals surface area contributed by atoms with Gasteiger partial charge in [0.1, 0.15) is 5.75 Å². The number of carbonyl (C=O) groups is 2. The van der Waals surface area contributed by atoms with E-state index in [-0.39, 0.29) is 24.5 Å². The summed E-state index contributed by atoms with van der Waals surface area (Å²) in [5.41, 5.74) is 5.09. The summed E-state index contributed by atoms with van der Waals surface area (Å²) in [6.45, 7) is 4.49. The lowest BCUT2D eigenvalue weighted by Crippen LogP contribution is -2.40. The standard InChI is InChI=1S/C27H27ClN2O3/c1-3-26(32)30-14-13-19-11-12-23(16-24(19)27(30)20-9-7-18(2)8-10-20)33-17-25(31)29-22-6-4-5-21(28)15-22/h4-12,15-16,27H,3,13-14,17H2,1-2H3,(H,29,31). The van der Waals surface area contributed by atoms with Crippen LogP contribution in [0.1, 0.15) is 41.6 Å². The lowest BCUT2D eigenvalue weighted by molar-refractivity contribution is -0.132. The lowest BCUT2D eigenvalue weighted by atomic mass is 9.87. The highest BCUT2D eigenvalue weighted by Gasteiger charge is 2.31. The Hall–Kier alpha value is -3.31. The van der Waals surface area contributed by atoms with Crippen LogP contribution in [0.2, 0.25) is 5.02 Å². The second-order valence-electron chi connectivity index (χ2n) is 8.21. The van der Waals surface area contributed by atoms with Crippen molar-refractivity contribution in [1.29, 1.82) is 0 Å². The molecular formula is C27H27ClN2O3. The number of hydrogen-bond acceptors (Lipinski definition) is 3. The van der Waals surface area contributed by atoms with E-state index in [9.17, 15) is 9.59 Å². The third-order valence-corrected chi connectivity index (χ3v) is 6.07. The fourth-order valence-corrected chi connectivity index (χ4v) is 4.37. The Labute approximate surface area is 199 Å². The summed E-state index contributed by atoms with van der Waals surface area (Å²) in [4.78, 5) is 27.1. The molecule has 0 saturated heterocycles. The first-order chi connectivity index (χ1) is 15.9. The predicted molar refractivity (Wildman–Crippen MR) is 131 cm³/mol. The molecule has 0 bridgehead atoms. The fraction of sp³-hybridized carbons (Fsp3) is 0.259. The normalized spacial score (nSPS) is 15.0. The van der Waals surface area contributed by atoms with Crippen LogP contribution in [-0.2, 0) is 16.0 Å². The molecule has 170 valence electrons. The van der Waals surface area contributed by atoms with Crippen LogP contribution in [0.5, 0.6) is 5.75 Å². The molecule has 3 aromatic rings. The van der Waals surface area contributed by atoms with Gasteiger partial charge in [0, 0.05) is 23.7 Å². The first-order valence-corrected chi connectivity index (χ1v) is 11.5. The van der Waals surface area contributed by atoms with E-state index in [0.717, 1.165) is 17.5 Å². The highest BCUT2D eigenvalue weighted by molar-refractivity contribution is 6.30. The van der Waals surface area contributed by atoms with E-state index < -0.39 is 0 Å². The number of fused-ring (bicyclic) bond motifs is 1. The van der Waals surface area contributed by atoms with E-state index in [4.69, 9.17) is 16.3 Å². The van der Waals surface area contributed by atoms with Gasteiger partial charge < -0.3 is 15.0 Å². The van der Waals surface area contributed by atoms with E-state index in [1.165, 1.54) is 11.1 Å². The molecule has 0 spiro atoms. The van der Waals surface area contributed by atoms with E-state index >= 15 is 0 Å². The van der Waals surface area contributed by atoms with Gasteiger partial charge in [-0.15, -0.1) is 0 Å². The van der Waals surface area contributed by atoms with Gasteiger partial charge in [0.15, 0.2) is 6.61 Å². The number of amides is 2. The summed E-state index contributed by atoms with van der Waals surface area (Å²) in [6.07, 6.45) is 1.25. The Morgan fingerprint density at radius 3 is 2.61 bits per heavy atom. The summed E-state index contributed by atoms with van der Waals surface area (Å²) in [5.74, 6) is 0.448. The van der Waals surface area contributed by atoms with Crippen LogP contribution in [-0.4, -0.2) is 29.9 Å². The molecule has 2 amide bonds. The fourth-order valence-electron chi connectivity index (χ4n) is 4.18. The molecule has 1 aliphatic rings. The van der Waals surface area contributed by atoms with Crippen LogP contribution in [0, 0.1) is 6.92 Å². The zero-order valence-corrected chi connectivity index (χ0v) is 19.6. The Morgan fingerprint density at radius 2 is 1.88 bits per heavy atom. The number of ether oxygens (including phenoxy) is 1. The number of benzene rings is 3. The maximum Gasteiger partial charge on any atom is 0.262 e. The van der Waals surface area contributed by atoms with Crippen molar-refractivity contribution in [3.63, 3.8) is 0 Å². The van der Waals surface area contributed by atoms with Crippen LogP contribution in [0.4, 0.5) is 5.69 Å². The highest BCUT2D eigenvalue weighted by atomic mass is 35.5. The van der Waals surface area contributed by atoms with Gasteiger partial charge in [-0.2, -0.15) is 0 Å². The van der Waals surface area contributed by atoms with E-state index in [2.05, 4.69) is 29.6 Å².